The quantitative estimate of drug-likeness (QED) is 0.345. The van der Waals surface area contributed by atoms with Crippen LogP contribution in [-0.2, 0) is 11.4 Å². The zero-order valence-electron chi connectivity index (χ0n) is 15.2. The molecule has 3 aromatic rings. The lowest BCUT2D eigenvalue weighted by atomic mass is 10.2. The van der Waals surface area contributed by atoms with Crippen molar-refractivity contribution >= 4 is 57.6 Å². The molecule has 3 aromatic carbocycles. The maximum absolute atomic E-state index is 12.9. The van der Waals surface area contributed by atoms with Gasteiger partial charge in [-0.2, -0.15) is 0 Å². The van der Waals surface area contributed by atoms with Crippen LogP contribution in [0.4, 0.5) is 5.69 Å². The van der Waals surface area contributed by atoms with E-state index in [1.807, 2.05) is 84.9 Å². The zero-order valence-corrected chi connectivity index (χ0v) is 17.6. The topological polar surface area (TPSA) is 29.5 Å². The first-order valence-electron chi connectivity index (χ1n) is 8.90. The van der Waals surface area contributed by atoms with Gasteiger partial charge in [-0.3, -0.25) is 9.69 Å². The molecule has 0 bridgehead atoms. The molecular formula is C23H16ClNO2S2. The van der Waals surface area contributed by atoms with E-state index in [0.29, 0.717) is 20.9 Å². The highest BCUT2D eigenvalue weighted by Crippen LogP contribution is 2.36. The highest BCUT2D eigenvalue weighted by molar-refractivity contribution is 8.27. The van der Waals surface area contributed by atoms with Gasteiger partial charge in [0, 0.05) is 5.02 Å². The summed E-state index contributed by atoms with van der Waals surface area (Å²) in [6.45, 7) is 0.441. The molecule has 1 amide bonds. The Hall–Kier alpha value is -2.60. The summed E-state index contributed by atoms with van der Waals surface area (Å²) in [7, 11) is 0. The molecule has 1 aliphatic rings. The second-order valence-electron chi connectivity index (χ2n) is 6.34. The van der Waals surface area contributed by atoms with E-state index in [-0.39, 0.29) is 5.91 Å². The summed E-state index contributed by atoms with van der Waals surface area (Å²) in [5.41, 5.74) is 2.69. The molecule has 0 aliphatic carbocycles. The van der Waals surface area contributed by atoms with Gasteiger partial charge in [-0.1, -0.05) is 78.0 Å². The van der Waals surface area contributed by atoms with E-state index in [1.165, 1.54) is 11.8 Å². The van der Waals surface area contributed by atoms with Crippen molar-refractivity contribution in [1.29, 1.82) is 0 Å². The first-order chi connectivity index (χ1) is 14.1. The molecular weight excluding hydrogens is 422 g/mol. The highest BCUT2D eigenvalue weighted by Gasteiger charge is 2.33. The normalized spacial score (nSPS) is 15.2. The lowest BCUT2D eigenvalue weighted by molar-refractivity contribution is -0.113. The predicted molar refractivity (Wildman–Crippen MR) is 124 cm³/mol. The number of halogens is 1. The third kappa shape index (κ3) is 4.70. The van der Waals surface area contributed by atoms with E-state index < -0.39 is 0 Å². The number of hydrogen-bond donors (Lipinski definition) is 0. The van der Waals surface area contributed by atoms with Crippen LogP contribution in [0, 0.1) is 0 Å². The Labute approximate surface area is 183 Å². The van der Waals surface area contributed by atoms with E-state index >= 15 is 0 Å². The van der Waals surface area contributed by atoms with Crippen molar-refractivity contribution in [2.45, 2.75) is 6.61 Å². The van der Waals surface area contributed by atoms with Gasteiger partial charge in [0.1, 0.15) is 12.4 Å². The Morgan fingerprint density at radius 1 is 1.00 bits per heavy atom. The van der Waals surface area contributed by atoms with Crippen molar-refractivity contribution in [3.05, 3.63) is 99.9 Å². The summed E-state index contributed by atoms with van der Waals surface area (Å²) < 4.78 is 6.41. The molecule has 0 radical (unpaired) electrons. The Morgan fingerprint density at radius 2 is 1.76 bits per heavy atom. The standard InChI is InChI=1S/C23H16ClNO2S2/c24-18-11-9-16(10-12-18)15-27-20-8-4-5-17(13-20)14-21-22(26)25(23(28)29-21)19-6-2-1-3-7-19/h1-14H,15H2/b21-14-. The Kier molecular flexibility index (Phi) is 6.00. The molecule has 0 atom stereocenters. The summed E-state index contributed by atoms with van der Waals surface area (Å²) in [6, 6.07) is 24.6. The number of nitrogens with zero attached hydrogens (tertiary/aromatic N) is 1. The van der Waals surface area contributed by atoms with Crippen LogP contribution < -0.4 is 9.64 Å². The number of hydrogen-bond acceptors (Lipinski definition) is 4. The number of ether oxygens (including phenoxy) is 1. The van der Waals surface area contributed by atoms with Gasteiger partial charge in [0.05, 0.1) is 10.6 Å². The Balaban J connectivity index is 1.50. The first kappa shape index (κ1) is 19.7. The first-order valence-corrected chi connectivity index (χ1v) is 10.5. The van der Waals surface area contributed by atoms with Crippen molar-refractivity contribution in [2.24, 2.45) is 0 Å². The third-order valence-electron chi connectivity index (χ3n) is 4.28. The van der Waals surface area contributed by atoms with Crippen LogP contribution in [0.1, 0.15) is 11.1 Å². The van der Waals surface area contributed by atoms with Gasteiger partial charge in [-0.25, -0.2) is 0 Å². The fourth-order valence-corrected chi connectivity index (χ4v) is 4.29. The molecule has 3 nitrogen and oxygen atoms in total. The third-order valence-corrected chi connectivity index (χ3v) is 5.84. The van der Waals surface area contributed by atoms with E-state index in [9.17, 15) is 4.79 Å². The van der Waals surface area contributed by atoms with Gasteiger partial charge in [-0.05, 0) is 53.6 Å². The maximum Gasteiger partial charge on any atom is 0.270 e. The van der Waals surface area contributed by atoms with Crippen LogP contribution in [0.3, 0.4) is 0 Å². The number of para-hydroxylation sites is 1. The summed E-state index contributed by atoms with van der Waals surface area (Å²) in [4.78, 5) is 15.0. The van der Waals surface area contributed by atoms with Gasteiger partial charge in [0.15, 0.2) is 4.32 Å². The van der Waals surface area contributed by atoms with Crippen LogP contribution in [0.5, 0.6) is 5.75 Å². The van der Waals surface area contributed by atoms with Gasteiger partial charge in [0.25, 0.3) is 5.91 Å². The number of benzene rings is 3. The second kappa shape index (κ2) is 8.82. The molecule has 29 heavy (non-hydrogen) atoms. The average Bonchev–Trinajstić information content (AvgIpc) is 3.01. The molecule has 0 spiro atoms. The zero-order chi connectivity index (χ0) is 20.2. The van der Waals surface area contributed by atoms with Gasteiger partial charge < -0.3 is 4.74 Å². The summed E-state index contributed by atoms with van der Waals surface area (Å²) in [5.74, 6) is 0.617. The van der Waals surface area contributed by atoms with Crippen molar-refractivity contribution in [2.75, 3.05) is 4.90 Å². The number of anilines is 1. The maximum atomic E-state index is 12.9. The van der Waals surface area contributed by atoms with Crippen LogP contribution >= 0.6 is 35.6 Å². The Morgan fingerprint density at radius 3 is 2.52 bits per heavy atom. The van der Waals surface area contributed by atoms with E-state index in [4.69, 9.17) is 28.6 Å². The molecule has 0 N–H and O–H groups in total. The van der Waals surface area contributed by atoms with Crippen molar-refractivity contribution < 1.29 is 9.53 Å². The molecule has 6 heteroatoms. The molecule has 1 aliphatic heterocycles. The fourth-order valence-electron chi connectivity index (χ4n) is 2.86. The SMILES string of the molecule is O=C1/C(=C/c2cccc(OCc3ccc(Cl)cc3)c2)SC(=S)N1c1ccccc1. The van der Waals surface area contributed by atoms with Crippen LogP contribution in [0.2, 0.25) is 5.02 Å². The van der Waals surface area contributed by atoms with Crippen LogP contribution in [-0.4, -0.2) is 10.2 Å². The number of thiocarbonyl (C=S) groups is 1. The molecule has 144 valence electrons. The van der Waals surface area contributed by atoms with E-state index in [0.717, 1.165) is 22.6 Å². The number of rotatable bonds is 5. The van der Waals surface area contributed by atoms with Crippen LogP contribution in [0.25, 0.3) is 6.08 Å². The van der Waals surface area contributed by atoms with E-state index in [1.54, 1.807) is 4.90 Å². The highest BCUT2D eigenvalue weighted by atomic mass is 35.5. The smallest absolute Gasteiger partial charge is 0.270 e. The predicted octanol–water partition coefficient (Wildman–Crippen LogP) is 6.32. The van der Waals surface area contributed by atoms with Crippen molar-refractivity contribution in [1.82, 2.24) is 0 Å². The van der Waals surface area contributed by atoms with Gasteiger partial charge in [-0.15, -0.1) is 0 Å². The lowest BCUT2D eigenvalue weighted by Gasteiger charge is -2.13. The van der Waals surface area contributed by atoms with Crippen molar-refractivity contribution in [3.63, 3.8) is 0 Å². The lowest BCUT2D eigenvalue weighted by Crippen LogP contribution is -2.27. The Bertz CT molecular complexity index is 1080. The molecule has 4 rings (SSSR count). The molecule has 1 fully saturated rings. The minimum Gasteiger partial charge on any atom is -0.489 e. The number of carbonyl (C=O) groups is 1. The molecule has 0 aromatic heterocycles. The summed E-state index contributed by atoms with van der Waals surface area (Å²) in [5, 5.41) is 0.698. The van der Waals surface area contributed by atoms with E-state index in [2.05, 4.69) is 0 Å². The van der Waals surface area contributed by atoms with Gasteiger partial charge in [0.2, 0.25) is 0 Å². The average molecular weight is 438 g/mol. The number of thioether (sulfide) groups is 1. The minimum atomic E-state index is -0.112. The monoisotopic (exact) mass is 437 g/mol. The van der Waals surface area contributed by atoms with Crippen LogP contribution in [0.15, 0.2) is 83.8 Å². The largest absolute Gasteiger partial charge is 0.489 e. The fraction of sp³-hybridized carbons (Fsp3) is 0.0435. The van der Waals surface area contributed by atoms with Crippen molar-refractivity contribution in [3.8, 4) is 5.75 Å². The second-order valence-corrected chi connectivity index (χ2v) is 8.45. The summed E-state index contributed by atoms with van der Waals surface area (Å²) in [6.07, 6.45) is 1.84. The van der Waals surface area contributed by atoms with Gasteiger partial charge >= 0.3 is 0 Å². The minimum absolute atomic E-state index is 0.112. The molecule has 0 unspecified atom stereocenters. The molecule has 1 heterocycles. The summed E-state index contributed by atoms with van der Waals surface area (Å²) >= 11 is 12.6. The number of carbonyl (C=O) groups excluding carboxylic acids is 1. The number of amides is 1. The molecule has 1 saturated heterocycles. The molecule has 0 saturated carbocycles.